The number of ether oxygens (including phenoxy) is 2. The van der Waals surface area contributed by atoms with Crippen LogP contribution in [0.1, 0.15) is 13.8 Å². The largest absolute Gasteiger partial charge is 0.499 e. The topological polar surface area (TPSA) is 18.5 Å². The lowest BCUT2D eigenvalue weighted by molar-refractivity contribution is 0.159. The van der Waals surface area contributed by atoms with Gasteiger partial charge in [0, 0.05) is 7.11 Å². The molecule has 0 saturated heterocycles. The van der Waals surface area contributed by atoms with E-state index >= 15 is 0 Å². The van der Waals surface area contributed by atoms with Crippen LogP contribution >= 0.6 is 0 Å². The fraction of sp³-hybridized carbons (Fsp3) is 0.333. The Kier molecular flexibility index (Phi) is 7.82. The normalized spacial score (nSPS) is 14.1. The lowest BCUT2D eigenvalue weighted by Crippen LogP contribution is -1.97. The lowest BCUT2D eigenvalue weighted by Gasteiger charge is -2.06. The van der Waals surface area contributed by atoms with Crippen LogP contribution in [0.15, 0.2) is 59.9 Å². The summed E-state index contributed by atoms with van der Waals surface area (Å²) in [6, 6.07) is 0. The van der Waals surface area contributed by atoms with E-state index in [4.69, 9.17) is 9.47 Å². The summed E-state index contributed by atoms with van der Waals surface area (Å²) in [6.07, 6.45) is 7.62. The summed E-state index contributed by atoms with van der Waals surface area (Å²) in [5.74, 6) is 0.786. The monoisotopic (exact) mass is 234 g/mol. The van der Waals surface area contributed by atoms with E-state index in [2.05, 4.69) is 13.2 Å². The molecule has 0 rings (SSSR count). The minimum absolute atomic E-state index is 0.461. The fourth-order valence-electron chi connectivity index (χ4n) is 1.26. The SMILES string of the molecule is C=C/C(C)=C/C(C=C)=C(C)/C=C(\COC)OC. The average molecular weight is 234 g/mol. The smallest absolute Gasteiger partial charge is 0.121 e. The second-order valence-corrected chi connectivity index (χ2v) is 3.68. The molecule has 94 valence electrons. The Morgan fingerprint density at radius 1 is 1.06 bits per heavy atom. The van der Waals surface area contributed by atoms with Crippen molar-refractivity contribution < 1.29 is 9.47 Å². The summed E-state index contributed by atoms with van der Waals surface area (Å²) in [4.78, 5) is 0. The van der Waals surface area contributed by atoms with Crippen molar-refractivity contribution in [3.8, 4) is 0 Å². The van der Waals surface area contributed by atoms with Crippen molar-refractivity contribution in [3.63, 3.8) is 0 Å². The summed E-state index contributed by atoms with van der Waals surface area (Å²) in [5.41, 5.74) is 3.22. The van der Waals surface area contributed by atoms with Crippen LogP contribution in [-0.2, 0) is 9.47 Å². The van der Waals surface area contributed by atoms with Crippen LogP contribution in [0.2, 0.25) is 0 Å². The first kappa shape index (κ1) is 15.5. The molecular formula is C15H22O2. The summed E-state index contributed by atoms with van der Waals surface area (Å²) >= 11 is 0. The summed E-state index contributed by atoms with van der Waals surface area (Å²) in [5, 5.41) is 0. The first-order valence-electron chi connectivity index (χ1n) is 5.46. The van der Waals surface area contributed by atoms with E-state index < -0.39 is 0 Å². The van der Waals surface area contributed by atoms with Gasteiger partial charge in [0.1, 0.15) is 12.4 Å². The number of hydrogen-bond donors (Lipinski definition) is 0. The summed E-state index contributed by atoms with van der Waals surface area (Å²) in [6.45, 7) is 12.0. The third-order valence-corrected chi connectivity index (χ3v) is 2.31. The number of rotatable bonds is 7. The molecule has 0 aliphatic heterocycles. The van der Waals surface area contributed by atoms with Gasteiger partial charge in [0.05, 0.1) is 7.11 Å². The van der Waals surface area contributed by atoms with Gasteiger partial charge in [-0.15, -0.1) is 0 Å². The molecule has 17 heavy (non-hydrogen) atoms. The Bertz CT molecular complexity index is 357. The van der Waals surface area contributed by atoms with E-state index in [0.29, 0.717) is 6.61 Å². The molecule has 0 fully saturated rings. The van der Waals surface area contributed by atoms with Crippen LogP contribution in [0.4, 0.5) is 0 Å². The maximum absolute atomic E-state index is 5.21. The van der Waals surface area contributed by atoms with Gasteiger partial charge < -0.3 is 9.47 Å². The van der Waals surface area contributed by atoms with Gasteiger partial charge in [-0.25, -0.2) is 0 Å². The maximum Gasteiger partial charge on any atom is 0.121 e. The van der Waals surface area contributed by atoms with E-state index in [1.165, 1.54) is 0 Å². The molecule has 0 aliphatic carbocycles. The molecule has 0 saturated carbocycles. The lowest BCUT2D eigenvalue weighted by atomic mass is 10.1. The molecule has 0 radical (unpaired) electrons. The van der Waals surface area contributed by atoms with Crippen molar-refractivity contribution in [2.24, 2.45) is 0 Å². The van der Waals surface area contributed by atoms with Crippen LogP contribution in [-0.4, -0.2) is 20.8 Å². The molecule has 0 amide bonds. The summed E-state index contributed by atoms with van der Waals surface area (Å²) < 4.78 is 10.3. The Morgan fingerprint density at radius 3 is 2.12 bits per heavy atom. The molecule has 2 heteroatoms. The molecule has 0 aliphatic rings. The molecule has 0 spiro atoms. The van der Waals surface area contributed by atoms with Crippen molar-refractivity contribution in [1.82, 2.24) is 0 Å². The maximum atomic E-state index is 5.21. The van der Waals surface area contributed by atoms with Crippen LogP contribution in [0.25, 0.3) is 0 Å². The Morgan fingerprint density at radius 2 is 1.71 bits per heavy atom. The highest BCUT2D eigenvalue weighted by atomic mass is 16.5. The summed E-state index contributed by atoms with van der Waals surface area (Å²) in [7, 11) is 3.28. The predicted molar refractivity (Wildman–Crippen MR) is 73.8 cm³/mol. The van der Waals surface area contributed by atoms with E-state index in [1.807, 2.05) is 38.2 Å². The fourth-order valence-corrected chi connectivity index (χ4v) is 1.26. The van der Waals surface area contributed by atoms with Gasteiger partial charge in [-0.05, 0) is 31.1 Å². The van der Waals surface area contributed by atoms with Gasteiger partial charge in [-0.1, -0.05) is 37.0 Å². The van der Waals surface area contributed by atoms with Crippen molar-refractivity contribution in [2.75, 3.05) is 20.8 Å². The molecule has 0 aromatic carbocycles. The molecule has 0 bridgehead atoms. The Labute approximate surface area is 105 Å². The van der Waals surface area contributed by atoms with Gasteiger partial charge in [0.25, 0.3) is 0 Å². The first-order chi connectivity index (χ1) is 8.08. The molecule has 0 aromatic rings. The second kappa shape index (κ2) is 8.59. The highest BCUT2D eigenvalue weighted by Crippen LogP contribution is 2.14. The van der Waals surface area contributed by atoms with E-state index in [9.17, 15) is 0 Å². The standard InChI is InChI=1S/C15H22O2/c1-7-12(3)9-14(8-2)13(4)10-15(17-6)11-16-5/h7-10H,1-2,11H2,3-6H3/b12-9+,14-13+,15-10+. The zero-order chi connectivity index (χ0) is 13.3. The molecular weight excluding hydrogens is 212 g/mol. The number of allylic oxidation sites excluding steroid dienone is 7. The van der Waals surface area contributed by atoms with Gasteiger partial charge in [0.2, 0.25) is 0 Å². The first-order valence-corrected chi connectivity index (χ1v) is 5.46. The van der Waals surface area contributed by atoms with Crippen LogP contribution in [0.3, 0.4) is 0 Å². The van der Waals surface area contributed by atoms with Crippen LogP contribution in [0.5, 0.6) is 0 Å². The minimum Gasteiger partial charge on any atom is -0.499 e. The minimum atomic E-state index is 0.461. The van der Waals surface area contributed by atoms with Crippen molar-refractivity contribution in [3.05, 3.63) is 59.9 Å². The van der Waals surface area contributed by atoms with Gasteiger partial charge in [-0.2, -0.15) is 0 Å². The van der Waals surface area contributed by atoms with Crippen LogP contribution < -0.4 is 0 Å². The van der Waals surface area contributed by atoms with Gasteiger partial charge >= 0.3 is 0 Å². The average Bonchev–Trinajstić information content (AvgIpc) is 2.34. The zero-order valence-electron chi connectivity index (χ0n) is 11.2. The quantitative estimate of drug-likeness (QED) is 0.493. The third kappa shape index (κ3) is 5.93. The van der Waals surface area contributed by atoms with Crippen molar-refractivity contribution in [2.45, 2.75) is 13.8 Å². The molecule has 0 atom stereocenters. The predicted octanol–water partition coefficient (Wildman–Crippen LogP) is 3.80. The highest BCUT2D eigenvalue weighted by molar-refractivity contribution is 5.42. The Hall–Kier alpha value is -1.54. The Balaban J connectivity index is 5.22. The molecule has 0 unspecified atom stereocenters. The second-order valence-electron chi connectivity index (χ2n) is 3.68. The molecule has 0 aromatic heterocycles. The number of hydrogen-bond acceptors (Lipinski definition) is 2. The van der Waals surface area contributed by atoms with Gasteiger partial charge in [0.15, 0.2) is 0 Å². The van der Waals surface area contributed by atoms with Crippen molar-refractivity contribution >= 4 is 0 Å². The van der Waals surface area contributed by atoms with Crippen LogP contribution in [0, 0.1) is 0 Å². The molecule has 0 N–H and O–H groups in total. The molecule has 0 heterocycles. The zero-order valence-corrected chi connectivity index (χ0v) is 11.2. The van der Waals surface area contributed by atoms with Crippen molar-refractivity contribution in [1.29, 1.82) is 0 Å². The van der Waals surface area contributed by atoms with E-state index in [1.54, 1.807) is 14.2 Å². The number of methoxy groups -OCH3 is 2. The third-order valence-electron chi connectivity index (χ3n) is 2.31. The van der Waals surface area contributed by atoms with Gasteiger partial charge in [-0.3, -0.25) is 0 Å². The molecule has 2 nitrogen and oxygen atoms in total. The highest BCUT2D eigenvalue weighted by Gasteiger charge is 1.98. The van der Waals surface area contributed by atoms with E-state index in [0.717, 1.165) is 22.5 Å². The van der Waals surface area contributed by atoms with E-state index in [-0.39, 0.29) is 0 Å².